The lowest BCUT2D eigenvalue weighted by molar-refractivity contribution is 0.0972. The van der Waals surface area contributed by atoms with E-state index in [2.05, 4.69) is 15.3 Å². The first-order valence-electron chi connectivity index (χ1n) is 7.49. The van der Waals surface area contributed by atoms with Gasteiger partial charge in [0.25, 0.3) is 5.91 Å². The molecule has 0 radical (unpaired) electrons. The monoisotopic (exact) mass is 322 g/mol. The molecule has 1 amide bonds. The zero-order chi connectivity index (χ0) is 16.9. The summed E-state index contributed by atoms with van der Waals surface area (Å²) in [4.78, 5) is 18.9. The number of hydrogen-bond acceptors (Lipinski definition) is 3. The standard InChI is InChI=1S/C18H18N4O2/c1-20-18(19)22-17(23)15-10-13-14(21-15)8-5-9-16(13)24-11-12-6-3-2-4-7-12/h2-10,21H,11H2,1H3,(H3,19,20,22,23). The van der Waals surface area contributed by atoms with Crippen LogP contribution in [0.15, 0.2) is 59.6 Å². The summed E-state index contributed by atoms with van der Waals surface area (Å²) in [7, 11) is 1.51. The fourth-order valence-electron chi connectivity index (χ4n) is 2.35. The van der Waals surface area contributed by atoms with Crippen LogP contribution in [-0.4, -0.2) is 23.9 Å². The molecular formula is C18H18N4O2. The molecule has 24 heavy (non-hydrogen) atoms. The van der Waals surface area contributed by atoms with Crippen molar-refractivity contribution < 1.29 is 9.53 Å². The lowest BCUT2D eigenvalue weighted by atomic mass is 10.2. The number of carbonyl (C=O) groups is 1. The molecule has 0 aliphatic heterocycles. The molecule has 0 aliphatic carbocycles. The molecule has 1 aromatic heterocycles. The number of rotatable bonds is 4. The average molecular weight is 322 g/mol. The quantitative estimate of drug-likeness (QED) is 0.509. The second kappa shape index (κ2) is 6.87. The molecule has 3 rings (SSSR count). The normalized spacial score (nSPS) is 11.5. The van der Waals surface area contributed by atoms with Crippen molar-refractivity contribution >= 4 is 22.8 Å². The van der Waals surface area contributed by atoms with E-state index in [4.69, 9.17) is 10.5 Å². The van der Waals surface area contributed by atoms with E-state index >= 15 is 0 Å². The van der Waals surface area contributed by atoms with Crippen molar-refractivity contribution in [2.45, 2.75) is 6.61 Å². The molecule has 122 valence electrons. The Morgan fingerprint density at radius 3 is 2.75 bits per heavy atom. The smallest absolute Gasteiger partial charge is 0.274 e. The highest BCUT2D eigenvalue weighted by atomic mass is 16.5. The van der Waals surface area contributed by atoms with Crippen molar-refractivity contribution in [3.05, 3.63) is 65.9 Å². The number of aliphatic imine (C=N–C) groups is 1. The third-order valence-electron chi connectivity index (χ3n) is 3.59. The molecule has 0 fully saturated rings. The summed E-state index contributed by atoms with van der Waals surface area (Å²) in [5.41, 5.74) is 7.82. The first kappa shape index (κ1) is 15.6. The fraction of sp³-hybridized carbons (Fsp3) is 0.111. The van der Waals surface area contributed by atoms with Crippen LogP contribution in [0.4, 0.5) is 0 Å². The maximum atomic E-state index is 12.1. The Kier molecular flexibility index (Phi) is 4.47. The maximum absolute atomic E-state index is 12.1. The second-order valence-corrected chi connectivity index (χ2v) is 5.24. The molecule has 0 atom stereocenters. The van der Waals surface area contributed by atoms with Crippen LogP contribution in [0.5, 0.6) is 5.75 Å². The number of aromatic amines is 1. The van der Waals surface area contributed by atoms with Gasteiger partial charge in [-0.05, 0) is 23.8 Å². The highest BCUT2D eigenvalue weighted by molar-refractivity contribution is 6.07. The number of ether oxygens (including phenoxy) is 1. The van der Waals surface area contributed by atoms with Gasteiger partial charge in [-0.1, -0.05) is 36.4 Å². The van der Waals surface area contributed by atoms with Crippen LogP contribution < -0.4 is 15.8 Å². The minimum Gasteiger partial charge on any atom is -0.488 e. The van der Waals surface area contributed by atoms with E-state index in [-0.39, 0.29) is 11.9 Å². The lowest BCUT2D eigenvalue weighted by Crippen LogP contribution is -2.36. The highest BCUT2D eigenvalue weighted by Gasteiger charge is 2.13. The molecule has 0 unspecified atom stereocenters. The van der Waals surface area contributed by atoms with E-state index in [1.165, 1.54) is 7.05 Å². The van der Waals surface area contributed by atoms with E-state index in [0.29, 0.717) is 18.1 Å². The van der Waals surface area contributed by atoms with Gasteiger partial charge in [0, 0.05) is 18.0 Å². The molecule has 3 aromatic rings. The van der Waals surface area contributed by atoms with Crippen molar-refractivity contribution in [3.63, 3.8) is 0 Å². The van der Waals surface area contributed by atoms with Gasteiger partial charge >= 0.3 is 0 Å². The van der Waals surface area contributed by atoms with Gasteiger partial charge in [-0.15, -0.1) is 0 Å². The number of amides is 1. The third-order valence-corrected chi connectivity index (χ3v) is 3.59. The van der Waals surface area contributed by atoms with Crippen molar-refractivity contribution in [2.75, 3.05) is 7.05 Å². The molecule has 0 saturated carbocycles. The summed E-state index contributed by atoms with van der Waals surface area (Å²) in [5.74, 6) is 0.436. The second-order valence-electron chi connectivity index (χ2n) is 5.24. The Morgan fingerprint density at radius 1 is 1.21 bits per heavy atom. The van der Waals surface area contributed by atoms with Crippen LogP contribution in [0.25, 0.3) is 10.9 Å². The summed E-state index contributed by atoms with van der Waals surface area (Å²) >= 11 is 0. The van der Waals surface area contributed by atoms with Crippen molar-refractivity contribution in [1.82, 2.24) is 10.3 Å². The van der Waals surface area contributed by atoms with Gasteiger partial charge in [0.2, 0.25) is 0 Å². The largest absolute Gasteiger partial charge is 0.488 e. The predicted molar refractivity (Wildman–Crippen MR) is 94.1 cm³/mol. The Labute approximate surface area is 139 Å². The van der Waals surface area contributed by atoms with E-state index in [0.717, 1.165) is 16.5 Å². The van der Waals surface area contributed by atoms with Crippen LogP contribution in [-0.2, 0) is 6.61 Å². The maximum Gasteiger partial charge on any atom is 0.274 e. The number of nitrogens with two attached hydrogens (primary N) is 1. The Hall–Kier alpha value is -3.28. The highest BCUT2D eigenvalue weighted by Crippen LogP contribution is 2.27. The topological polar surface area (TPSA) is 92.5 Å². The molecular weight excluding hydrogens is 304 g/mol. The van der Waals surface area contributed by atoms with E-state index in [9.17, 15) is 4.79 Å². The number of guanidine groups is 1. The number of aromatic nitrogens is 1. The average Bonchev–Trinajstić information content (AvgIpc) is 3.05. The summed E-state index contributed by atoms with van der Waals surface area (Å²) in [6, 6.07) is 17.3. The molecule has 6 heteroatoms. The van der Waals surface area contributed by atoms with E-state index in [1.807, 2.05) is 48.5 Å². The molecule has 6 nitrogen and oxygen atoms in total. The number of fused-ring (bicyclic) bond motifs is 1. The zero-order valence-corrected chi connectivity index (χ0v) is 13.2. The van der Waals surface area contributed by atoms with Crippen LogP contribution >= 0.6 is 0 Å². The minimum atomic E-state index is -0.344. The SMILES string of the molecule is CN=C(N)NC(=O)c1cc2c(OCc3ccccc3)cccc2[nH]1. The molecule has 0 aliphatic rings. The number of benzene rings is 2. The zero-order valence-electron chi connectivity index (χ0n) is 13.2. The summed E-state index contributed by atoms with van der Waals surface area (Å²) in [6.07, 6.45) is 0. The minimum absolute atomic E-state index is 0.0687. The summed E-state index contributed by atoms with van der Waals surface area (Å²) < 4.78 is 5.90. The van der Waals surface area contributed by atoms with Crippen LogP contribution in [0.1, 0.15) is 16.1 Å². The van der Waals surface area contributed by atoms with Crippen molar-refractivity contribution in [3.8, 4) is 5.75 Å². The Bertz CT molecular complexity index is 884. The van der Waals surface area contributed by atoms with E-state index in [1.54, 1.807) is 6.07 Å². The van der Waals surface area contributed by atoms with Gasteiger partial charge < -0.3 is 15.5 Å². The summed E-state index contributed by atoms with van der Waals surface area (Å²) in [5, 5.41) is 3.34. The fourth-order valence-corrected chi connectivity index (χ4v) is 2.35. The molecule has 2 aromatic carbocycles. The third kappa shape index (κ3) is 3.38. The van der Waals surface area contributed by atoms with Gasteiger partial charge in [-0.25, -0.2) is 0 Å². The lowest BCUT2D eigenvalue weighted by Gasteiger charge is -2.07. The van der Waals surface area contributed by atoms with Crippen molar-refractivity contribution in [2.24, 2.45) is 10.7 Å². The predicted octanol–water partition coefficient (Wildman–Crippen LogP) is 2.42. The molecule has 0 bridgehead atoms. The Balaban J connectivity index is 1.83. The van der Waals surface area contributed by atoms with Crippen LogP contribution in [0.2, 0.25) is 0 Å². The number of carbonyl (C=O) groups excluding carboxylic acids is 1. The van der Waals surface area contributed by atoms with Gasteiger partial charge in [-0.3, -0.25) is 15.1 Å². The first-order valence-corrected chi connectivity index (χ1v) is 7.49. The molecule has 4 N–H and O–H groups in total. The van der Waals surface area contributed by atoms with E-state index < -0.39 is 0 Å². The van der Waals surface area contributed by atoms with Gasteiger partial charge in [0.05, 0.1) is 0 Å². The van der Waals surface area contributed by atoms with Gasteiger partial charge in [0.15, 0.2) is 5.96 Å². The molecule has 0 saturated heterocycles. The summed E-state index contributed by atoms with van der Waals surface area (Å²) in [6.45, 7) is 0.460. The number of H-pyrrole nitrogens is 1. The first-order chi connectivity index (χ1) is 11.7. The molecule has 0 spiro atoms. The van der Waals surface area contributed by atoms with Crippen LogP contribution in [0.3, 0.4) is 0 Å². The number of nitrogens with zero attached hydrogens (tertiary/aromatic N) is 1. The number of hydrogen-bond donors (Lipinski definition) is 3. The molecule has 1 heterocycles. The van der Waals surface area contributed by atoms with Crippen molar-refractivity contribution in [1.29, 1.82) is 0 Å². The number of nitrogens with one attached hydrogen (secondary N) is 2. The van der Waals surface area contributed by atoms with Gasteiger partial charge in [-0.2, -0.15) is 0 Å². The van der Waals surface area contributed by atoms with Gasteiger partial charge in [0.1, 0.15) is 18.1 Å². The Morgan fingerprint density at radius 2 is 2.00 bits per heavy atom. The van der Waals surface area contributed by atoms with Crippen LogP contribution in [0, 0.1) is 0 Å².